The fourth-order valence-electron chi connectivity index (χ4n) is 3.99. The van der Waals surface area contributed by atoms with Gasteiger partial charge in [0, 0.05) is 37.7 Å². The standard InChI is InChI=1S/C25H30N4O4/c1-28(21-9-12-32-13-10-21)11-14-33-22-7-4-5-19(15-22)16-26-24(30)18-29-25(31)23-8-3-2-6-20(23)17-27-29/h2-8,15,17,21H,9-14,16,18H2,1H3,(H,26,30). The predicted octanol–water partition coefficient (Wildman–Crippen LogP) is 2.20. The van der Waals surface area contributed by atoms with Crippen molar-refractivity contribution in [3.05, 3.63) is 70.6 Å². The largest absolute Gasteiger partial charge is 0.492 e. The fraction of sp³-hybridized carbons (Fsp3) is 0.400. The molecule has 2 aromatic carbocycles. The molecular weight excluding hydrogens is 420 g/mol. The summed E-state index contributed by atoms with van der Waals surface area (Å²) in [7, 11) is 2.13. The normalized spacial score (nSPS) is 14.5. The van der Waals surface area contributed by atoms with Gasteiger partial charge in [-0.1, -0.05) is 30.3 Å². The second kappa shape index (κ2) is 11.1. The van der Waals surface area contributed by atoms with Crippen molar-refractivity contribution < 1.29 is 14.3 Å². The van der Waals surface area contributed by atoms with Crippen LogP contribution in [0.4, 0.5) is 0 Å². The first-order chi connectivity index (χ1) is 16.1. The Kier molecular flexibility index (Phi) is 7.70. The molecule has 0 radical (unpaired) electrons. The van der Waals surface area contributed by atoms with Gasteiger partial charge < -0.3 is 14.8 Å². The number of aromatic nitrogens is 2. The highest BCUT2D eigenvalue weighted by atomic mass is 16.5. The van der Waals surface area contributed by atoms with Crippen molar-refractivity contribution in [2.24, 2.45) is 0 Å². The van der Waals surface area contributed by atoms with Gasteiger partial charge in [0.2, 0.25) is 5.91 Å². The van der Waals surface area contributed by atoms with Crippen LogP contribution in [0.5, 0.6) is 5.75 Å². The van der Waals surface area contributed by atoms with Crippen LogP contribution < -0.4 is 15.6 Å². The topological polar surface area (TPSA) is 85.7 Å². The zero-order chi connectivity index (χ0) is 23.0. The maximum atomic E-state index is 12.5. The summed E-state index contributed by atoms with van der Waals surface area (Å²) in [6.07, 6.45) is 3.73. The van der Waals surface area contributed by atoms with Crippen molar-refractivity contribution in [2.75, 3.05) is 33.4 Å². The Morgan fingerprint density at radius 2 is 2.03 bits per heavy atom. The van der Waals surface area contributed by atoms with E-state index in [9.17, 15) is 9.59 Å². The Morgan fingerprint density at radius 1 is 1.21 bits per heavy atom. The van der Waals surface area contributed by atoms with Crippen LogP contribution in [0.15, 0.2) is 59.5 Å². The van der Waals surface area contributed by atoms with Gasteiger partial charge in [0.15, 0.2) is 0 Å². The molecule has 0 saturated carbocycles. The SMILES string of the molecule is CN(CCOc1cccc(CNC(=O)Cn2ncc3ccccc3c2=O)c1)C1CCOCC1. The maximum absolute atomic E-state index is 12.5. The summed E-state index contributed by atoms with van der Waals surface area (Å²) in [6.45, 7) is 3.32. The highest BCUT2D eigenvalue weighted by Gasteiger charge is 2.18. The summed E-state index contributed by atoms with van der Waals surface area (Å²) in [5.41, 5.74) is 0.654. The number of amides is 1. The number of rotatable bonds is 9. The van der Waals surface area contributed by atoms with E-state index in [4.69, 9.17) is 9.47 Å². The molecule has 8 nitrogen and oxygen atoms in total. The van der Waals surface area contributed by atoms with Crippen LogP contribution in [0.3, 0.4) is 0 Å². The second-order valence-electron chi connectivity index (χ2n) is 8.29. The van der Waals surface area contributed by atoms with Gasteiger partial charge in [-0.3, -0.25) is 14.5 Å². The molecule has 0 atom stereocenters. The minimum absolute atomic E-state index is 0.127. The number of carbonyl (C=O) groups excluding carboxylic acids is 1. The van der Waals surface area contributed by atoms with Crippen LogP contribution in [0.25, 0.3) is 10.8 Å². The van der Waals surface area contributed by atoms with Crippen molar-refractivity contribution in [3.63, 3.8) is 0 Å². The number of nitrogens with one attached hydrogen (secondary N) is 1. The van der Waals surface area contributed by atoms with Crippen LogP contribution in [-0.4, -0.2) is 60.0 Å². The van der Waals surface area contributed by atoms with Crippen molar-refractivity contribution >= 4 is 16.7 Å². The van der Waals surface area contributed by atoms with Crippen molar-refractivity contribution in [3.8, 4) is 5.75 Å². The number of benzene rings is 2. The molecule has 1 amide bonds. The Bertz CT molecular complexity index is 1140. The van der Waals surface area contributed by atoms with Gasteiger partial charge >= 0.3 is 0 Å². The highest BCUT2D eigenvalue weighted by molar-refractivity contribution is 5.81. The molecule has 1 N–H and O–H groups in total. The van der Waals surface area contributed by atoms with Gasteiger partial charge in [0.1, 0.15) is 18.9 Å². The molecule has 2 heterocycles. The number of hydrogen-bond donors (Lipinski definition) is 1. The van der Waals surface area contributed by atoms with E-state index in [1.165, 1.54) is 4.68 Å². The van der Waals surface area contributed by atoms with Gasteiger partial charge in [-0.05, 0) is 43.7 Å². The molecular formula is C25H30N4O4. The average molecular weight is 451 g/mol. The Hall–Kier alpha value is -3.23. The molecule has 1 fully saturated rings. The van der Waals surface area contributed by atoms with E-state index in [0.29, 0.717) is 24.6 Å². The van der Waals surface area contributed by atoms with E-state index >= 15 is 0 Å². The molecule has 0 unspecified atom stereocenters. The highest BCUT2D eigenvalue weighted by Crippen LogP contribution is 2.15. The van der Waals surface area contributed by atoms with Crippen molar-refractivity contribution in [2.45, 2.75) is 32.0 Å². The van der Waals surface area contributed by atoms with Crippen molar-refractivity contribution in [1.82, 2.24) is 20.0 Å². The third-order valence-electron chi connectivity index (χ3n) is 5.97. The molecule has 8 heteroatoms. The lowest BCUT2D eigenvalue weighted by Gasteiger charge is -2.31. The summed E-state index contributed by atoms with van der Waals surface area (Å²) in [5, 5.41) is 8.27. The third-order valence-corrected chi connectivity index (χ3v) is 5.97. The number of fused-ring (bicyclic) bond motifs is 1. The Balaban J connectivity index is 1.26. The number of nitrogens with zero attached hydrogens (tertiary/aromatic N) is 3. The van der Waals surface area contributed by atoms with Gasteiger partial charge in [0.25, 0.3) is 5.56 Å². The fourth-order valence-corrected chi connectivity index (χ4v) is 3.99. The Labute approximate surface area is 193 Å². The summed E-state index contributed by atoms with van der Waals surface area (Å²) < 4.78 is 12.5. The minimum Gasteiger partial charge on any atom is -0.492 e. The first-order valence-electron chi connectivity index (χ1n) is 11.3. The quantitative estimate of drug-likeness (QED) is 0.538. The minimum atomic E-state index is -0.274. The smallest absolute Gasteiger partial charge is 0.275 e. The summed E-state index contributed by atoms with van der Waals surface area (Å²) in [6, 6.07) is 15.4. The number of ether oxygens (including phenoxy) is 2. The van der Waals surface area contributed by atoms with Crippen molar-refractivity contribution in [1.29, 1.82) is 0 Å². The van der Waals surface area contributed by atoms with Gasteiger partial charge in [0.05, 0.1) is 11.6 Å². The lowest BCUT2D eigenvalue weighted by Crippen LogP contribution is -2.38. The molecule has 0 aliphatic carbocycles. The molecule has 0 spiro atoms. The van der Waals surface area contributed by atoms with Crippen LogP contribution in [0, 0.1) is 0 Å². The summed E-state index contributed by atoms with van der Waals surface area (Å²) >= 11 is 0. The third kappa shape index (κ3) is 6.18. The van der Waals surface area contributed by atoms with Crippen LogP contribution in [0.1, 0.15) is 18.4 Å². The molecule has 0 bridgehead atoms. The summed E-state index contributed by atoms with van der Waals surface area (Å²) in [4.78, 5) is 27.3. The number of hydrogen-bond acceptors (Lipinski definition) is 6. The lowest BCUT2D eigenvalue weighted by molar-refractivity contribution is -0.122. The van der Waals surface area contributed by atoms with E-state index in [-0.39, 0.29) is 18.0 Å². The molecule has 1 aromatic heterocycles. The zero-order valence-corrected chi connectivity index (χ0v) is 18.9. The Morgan fingerprint density at radius 3 is 2.88 bits per heavy atom. The molecule has 1 aliphatic rings. The molecule has 4 rings (SSSR count). The predicted molar refractivity (Wildman–Crippen MR) is 126 cm³/mol. The van der Waals surface area contributed by atoms with Gasteiger partial charge in [-0.25, -0.2) is 4.68 Å². The molecule has 174 valence electrons. The van der Waals surface area contributed by atoms with Gasteiger partial charge in [-0.2, -0.15) is 5.10 Å². The maximum Gasteiger partial charge on any atom is 0.275 e. The lowest BCUT2D eigenvalue weighted by atomic mass is 10.1. The molecule has 1 aliphatic heterocycles. The first kappa shape index (κ1) is 22.9. The van der Waals surface area contributed by atoms with Crippen LogP contribution in [0.2, 0.25) is 0 Å². The molecule has 33 heavy (non-hydrogen) atoms. The van der Waals surface area contributed by atoms with Crippen LogP contribution in [-0.2, 0) is 22.6 Å². The van der Waals surface area contributed by atoms with Crippen LogP contribution >= 0.6 is 0 Å². The monoisotopic (exact) mass is 450 g/mol. The zero-order valence-electron chi connectivity index (χ0n) is 18.9. The second-order valence-corrected chi connectivity index (χ2v) is 8.29. The number of likely N-dealkylation sites (N-methyl/N-ethyl adjacent to an activating group) is 1. The first-order valence-corrected chi connectivity index (χ1v) is 11.3. The van der Waals surface area contributed by atoms with E-state index in [2.05, 4.69) is 22.4 Å². The van der Waals surface area contributed by atoms with E-state index in [1.807, 2.05) is 36.4 Å². The average Bonchev–Trinajstić information content (AvgIpc) is 2.85. The van der Waals surface area contributed by atoms with E-state index in [0.717, 1.165) is 49.3 Å². The number of carbonyl (C=O) groups is 1. The van der Waals surface area contributed by atoms with E-state index < -0.39 is 0 Å². The molecule has 1 saturated heterocycles. The van der Waals surface area contributed by atoms with E-state index in [1.54, 1.807) is 18.3 Å². The summed E-state index contributed by atoms with van der Waals surface area (Å²) in [5.74, 6) is 0.499. The molecule has 3 aromatic rings. The van der Waals surface area contributed by atoms with Gasteiger partial charge in [-0.15, -0.1) is 0 Å².